The summed E-state index contributed by atoms with van der Waals surface area (Å²) in [5, 5.41) is 3.34. The molecule has 2 heterocycles. The van der Waals surface area contributed by atoms with E-state index in [4.69, 9.17) is 13.9 Å². The Morgan fingerprint density at radius 1 is 1.00 bits per heavy atom. The van der Waals surface area contributed by atoms with Crippen molar-refractivity contribution in [3.63, 3.8) is 0 Å². The summed E-state index contributed by atoms with van der Waals surface area (Å²) in [6.45, 7) is 8.03. The van der Waals surface area contributed by atoms with E-state index in [9.17, 15) is 14.4 Å². The molecular weight excluding hydrogens is 450 g/mol. The standard InChI is InChI=1S/C26H29N3O6/c1-26(2,3)35-25(32)29-14-12-28(13-15-29)19-10-8-18(9-11-19)27-23(30)20-16-17-6-5-7-21(33-4)22(17)34-24(20)31/h5-11,16H,12-15H2,1-4H3,(H,27,30). The third-order valence-corrected chi connectivity index (χ3v) is 5.61. The van der Waals surface area contributed by atoms with Gasteiger partial charge >= 0.3 is 11.7 Å². The molecule has 35 heavy (non-hydrogen) atoms. The molecule has 0 aliphatic carbocycles. The molecule has 1 aromatic heterocycles. The molecule has 0 bridgehead atoms. The molecule has 1 saturated heterocycles. The summed E-state index contributed by atoms with van der Waals surface area (Å²) in [6, 6.07) is 14.0. The molecule has 3 aromatic rings. The predicted octanol–water partition coefficient (Wildman–Crippen LogP) is 4.11. The van der Waals surface area contributed by atoms with Crippen LogP contribution in [0, 0.1) is 0 Å². The van der Waals surface area contributed by atoms with E-state index >= 15 is 0 Å². The van der Waals surface area contributed by atoms with Gasteiger partial charge in [-0.25, -0.2) is 9.59 Å². The van der Waals surface area contributed by atoms with E-state index in [2.05, 4.69) is 10.2 Å². The normalized spacial score (nSPS) is 14.1. The van der Waals surface area contributed by atoms with Crippen molar-refractivity contribution < 1.29 is 23.5 Å². The minimum Gasteiger partial charge on any atom is -0.493 e. The fourth-order valence-electron chi connectivity index (χ4n) is 3.86. The first kappa shape index (κ1) is 24.1. The van der Waals surface area contributed by atoms with Crippen molar-refractivity contribution in [3.8, 4) is 5.75 Å². The number of benzene rings is 2. The van der Waals surface area contributed by atoms with Crippen LogP contribution >= 0.6 is 0 Å². The first-order chi connectivity index (χ1) is 16.6. The topological polar surface area (TPSA) is 101 Å². The number of amides is 2. The van der Waals surface area contributed by atoms with Gasteiger partial charge < -0.3 is 29.0 Å². The molecule has 1 aliphatic rings. The van der Waals surface area contributed by atoms with Crippen LogP contribution in [0.3, 0.4) is 0 Å². The molecule has 9 heteroatoms. The molecule has 0 saturated carbocycles. The molecule has 0 atom stereocenters. The molecule has 2 aromatic carbocycles. The van der Waals surface area contributed by atoms with E-state index in [0.29, 0.717) is 48.6 Å². The molecule has 2 amide bonds. The number of nitrogens with zero attached hydrogens (tertiary/aromatic N) is 2. The van der Waals surface area contributed by atoms with Gasteiger partial charge in [0, 0.05) is 42.9 Å². The Balaban J connectivity index is 1.39. The number of piperazine rings is 1. The van der Waals surface area contributed by atoms with E-state index in [1.165, 1.54) is 13.2 Å². The van der Waals surface area contributed by atoms with Gasteiger partial charge in [-0.1, -0.05) is 12.1 Å². The molecule has 0 spiro atoms. The zero-order chi connectivity index (χ0) is 25.2. The minimum atomic E-state index is -0.737. The van der Waals surface area contributed by atoms with Gasteiger partial charge in [-0.2, -0.15) is 0 Å². The quantitative estimate of drug-likeness (QED) is 0.562. The fraction of sp³-hybridized carbons (Fsp3) is 0.346. The Hall–Kier alpha value is -4.01. The lowest BCUT2D eigenvalue weighted by Crippen LogP contribution is -2.50. The van der Waals surface area contributed by atoms with Crippen LogP contribution in [0.1, 0.15) is 31.1 Å². The summed E-state index contributed by atoms with van der Waals surface area (Å²) in [7, 11) is 1.49. The molecule has 1 N–H and O–H groups in total. The highest BCUT2D eigenvalue weighted by Gasteiger charge is 2.26. The third kappa shape index (κ3) is 5.56. The number of fused-ring (bicyclic) bond motifs is 1. The van der Waals surface area contributed by atoms with Crippen LogP contribution in [0.15, 0.2) is 57.7 Å². The third-order valence-electron chi connectivity index (χ3n) is 5.61. The summed E-state index contributed by atoms with van der Waals surface area (Å²) in [5.41, 5.74) is 0.481. The summed E-state index contributed by atoms with van der Waals surface area (Å²) in [4.78, 5) is 41.3. The second-order valence-corrected chi connectivity index (χ2v) is 9.28. The number of ether oxygens (including phenoxy) is 2. The van der Waals surface area contributed by atoms with Crippen molar-refractivity contribution in [1.29, 1.82) is 0 Å². The fourth-order valence-corrected chi connectivity index (χ4v) is 3.86. The van der Waals surface area contributed by atoms with Gasteiger partial charge in [0.1, 0.15) is 11.2 Å². The molecule has 9 nitrogen and oxygen atoms in total. The summed E-state index contributed by atoms with van der Waals surface area (Å²) in [6.07, 6.45) is -0.299. The van der Waals surface area contributed by atoms with Crippen molar-refractivity contribution in [3.05, 3.63) is 64.5 Å². The van der Waals surface area contributed by atoms with Crippen molar-refractivity contribution in [2.45, 2.75) is 26.4 Å². The van der Waals surface area contributed by atoms with Crippen molar-refractivity contribution in [2.75, 3.05) is 43.5 Å². The number of hydrogen-bond donors (Lipinski definition) is 1. The van der Waals surface area contributed by atoms with Crippen molar-refractivity contribution >= 4 is 34.3 Å². The lowest BCUT2D eigenvalue weighted by atomic mass is 10.1. The van der Waals surface area contributed by atoms with Gasteiger partial charge in [-0.05, 0) is 57.2 Å². The number of nitrogens with one attached hydrogen (secondary N) is 1. The van der Waals surface area contributed by atoms with E-state index in [-0.39, 0.29) is 11.7 Å². The average molecular weight is 480 g/mol. The van der Waals surface area contributed by atoms with Gasteiger partial charge in [0.05, 0.1) is 7.11 Å². The highest BCUT2D eigenvalue weighted by atomic mass is 16.6. The first-order valence-corrected chi connectivity index (χ1v) is 11.4. The number of carbonyl (C=O) groups excluding carboxylic acids is 2. The Bertz CT molecular complexity index is 1290. The van der Waals surface area contributed by atoms with Gasteiger partial charge in [0.2, 0.25) is 0 Å². The number of rotatable bonds is 4. The molecule has 184 valence electrons. The number of para-hydroxylation sites is 1. The summed E-state index contributed by atoms with van der Waals surface area (Å²) >= 11 is 0. The van der Waals surface area contributed by atoms with E-state index in [1.54, 1.807) is 35.2 Å². The number of methoxy groups -OCH3 is 1. The molecule has 1 aliphatic heterocycles. The number of anilines is 2. The Morgan fingerprint density at radius 2 is 1.69 bits per heavy atom. The highest BCUT2D eigenvalue weighted by molar-refractivity contribution is 6.05. The van der Waals surface area contributed by atoms with Crippen LogP contribution in [0.4, 0.5) is 16.2 Å². The van der Waals surface area contributed by atoms with Crippen LogP contribution in [-0.4, -0.2) is 55.8 Å². The molecule has 0 radical (unpaired) electrons. The van der Waals surface area contributed by atoms with Crippen LogP contribution in [0.2, 0.25) is 0 Å². The lowest BCUT2D eigenvalue weighted by Gasteiger charge is -2.36. The second-order valence-electron chi connectivity index (χ2n) is 9.28. The van der Waals surface area contributed by atoms with Gasteiger partial charge in [0.15, 0.2) is 11.3 Å². The number of hydrogen-bond acceptors (Lipinski definition) is 7. The van der Waals surface area contributed by atoms with Gasteiger partial charge in [0.25, 0.3) is 5.91 Å². The Kier molecular flexibility index (Phi) is 6.68. The molecular formula is C26H29N3O6. The Morgan fingerprint density at radius 3 is 2.31 bits per heavy atom. The number of carbonyl (C=O) groups is 2. The maximum Gasteiger partial charge on any atom is 0.410 e. The van der Waals surface area contributed by atoms with Crippen LogP contribution < -0.4 is 20.6 Å². The summed E-state index contributed by atoms with van der Waals surface area (Å²) < 4.78 is 16.0. The van der Waals surface area contributed by atoms with Gasteiger partial charge in [-0.3, -0.25) is 4.79 Å². The largest absolute Gasteiger partial charge is 0.493 e. The van der Waals surface area contributed by atoms with E-state index in [1.807, 2.05) is 32.9 Å². The predicted molar refractivity (Wildman–Crippen MR) is 133 cm³/mol. The first-order valence-electron chi connectivity index (χ1n) is 11.4. The van der Waals surface area contributed by atoms with Crippen molar-refractivity contribution in [1.82, 2.24) is 4.90 Å². The zero-order valence-corrected chi connectivity index (χ0v) is 20.3. The maximum absolute atomic E-state index is 12.8. The van der Waals surface area contributed by atoms with Crippen molar-refractivity contribution in [2.24, 2.45) is 0 Å². The summed E-state index contributed by atoms with van der Waals surface area (Å²) in [5.74, 6) is -0.128. The van der Waals surface area contributed by atoms with Gasteiger partial charge in [-0.15, -0.1) is 0 Å². The molecule has 4 rings (SSSR count). The monoisotopic (exact) mass is 479 g/mol. The smallest absolute Gasteiger partial charge is 0.410 e. The minimum absolute atomic E-state index is 0.0897. The van der Waals surface area contributed by atoms with Crippen LogP contribution in [0.5, 0.6) is 5.75 Å². The SMILES string of the molecule is COc1cccc2cc(C(=O)Nc3ccc(N4CCN(C(=O)OC(C)(C)C)CC4)cc3)c(=O)oc12. The highest BCUT2D eigenvalue weighted by Crippen LogP contribution is 2.25. The van der Waals surface area contributed by atoms with E-state index in [0.717, 1.165) is 5.69 Å². The molecule has 0 unspecified atom stereocenters. The van der Waals surface area contributed by atoms with E-state index < -0.39 is 17.1 Å². The second kappa shape index (κ2) is 9.69. The zero-order valence-electron chi connectivity index (χ0n) is 20.3. The molecule has 1 fully saturated rings. The average Bonchev–Trinajstić information content (AvgIpc) is 2.82. The van der Waals surface area contributed by atoms with Crippen LogP contribution in [0.25, 0.3) is 11.0 Å². The lowest BCUT2D eigenvalue weighted by molar-refractivity contribution is 0.0240. The maximum atomic E-state index is 12.8. The van der Waals surface area contributed by atoms with Crippen LogP contribution in [-0.2, 0) is 4.74 Å². The Labute approximate surface area is 203 Å².